The van der Waals surface area contributed by atoms with Gasteiger partial charge in [-0.25, -0.2) is 9.89 Å². The van der Waals surface area contributed by atoms with Crippen LogP contribution in [0.1, 0.15) is 38.8 Å². The highest BCUT2D eigenvalue weighted by Crippen LogP contribution is 2.42. The van der Waals surface area contributed by atoms with Crippen LogP contribution in [-0.2, 0) is 4.74 Å². The molecule has 1 amide bonds. The predicted molar refractivity (Wildman–Crippen MR) is 136 cm³/mol. The Balaban J connectivity index is 1.61. The van der Waals surface area contributed by atoms with Crippen molar-refractivity contribution in [1.82, 2.24) is 24.9 Å². The Hall–Kier alpha value is -3.60. The molecule has 4 aromatic rings. The summed E-state index contributed by atoms with van der Waals surface area (Å²) >= 11 is 1.53. The van der Waals surface area contributed by atoms with Gasteiger partial charge in [-0.05, 0) is 57.2 Å². The van der Waals surface area contributed by atoms with Crippen LogP contribution in [0.3, 0.4) is 0 Å². The van der Waals surface area contributed by atoms with E-state index in [4.69, 9.17) is 20.3 Å². The molecule has 1 atom stereocenters. The lowest BCUT2D eigenvalue weighted by molar-refractivity contribution is 0.0288. The largest absolute Gasteiger partial charge is 0.495 e. The highest BCUT2D eigenvalue weighted by Gasteiger charge is 2.33. The summed E-state index contributed by atoms with van der Waals surface area (Å²) in [7, 11) is 1.65. The van der Waals surface area contributed by atoms with E-state index < -0.39 is 5.60 Å². The fraction of sp³-hybridized carbons (Fsp3) is 0.417. The van der Waals surface area contributed by atoms with Gasteiger partial charge in [0.1, 0.15) is 22.6 Å². The molecule has 0 radical (unpaired) electrons. The number of anilines is 1. The van der Waals surface area contributed by atoms with Gasteiger partial charge in [0, 0.05) is 13.1 Å². The van der Waals surface area contributed by atoms with Gasteiger partial charge >= 0.3 is 6.09 Å². The number of nitrogens with one attached hydrogen (secondary N) is 1. The second-order valence-corrected chi connectivity index (χ2v) is 10.9. The predicted octanol–water partition coefficient (Wildman–Crippen LogP) is 4.08. The molecule has 0 bridgehead atoms. The van der Waals surface area contributed by atoms with Crippen LogP contribution in [0.5, 0.6) is 5.75 Å². The molecule has 3 aromatic heterocycles. The minimum Gasteiger partial charge on any atom is -0.495 e. The van der Waals surface area contributed by atoms with Gasteiger partial charge in [-0.3, -0.25) is 9.48 Å². The number of H-pyrrole nitrogens is 1. The fourth-order valence-corrected chi connectivity index (χ4v) is 5.64. The minimum absolute atomic E-state index is 0.198. The van der Waals surface area contributed by atoms with Crippen LogP contribution in [0.25, 0.3) is 31.6 Å². The number of ether oxygens (including phenoxy) is 2. The van der Waals surface area contributed by atoms with Crippen LogP contribution < -0.4 is 16.0 Å². The number of nitrogens with zero attached hydrogens (tertiary/aromatic N) is 4. The van der Waals surface area contributed by atoms with Crippen molar-refractivity contribution in [2.24, 2.45) is 0 Å². The lowest BCUT2D eigenvalue weighted by Crippen LogP contribution is -2.35. The van der Waals surface area contributed by atoms with Gasteiger partial charge in [0.05, 0.1) is 28.1 Å². The van der Waals surface area contributed by atoms with Crippen molar-refractivity contribution in [2.75, 3.05) is 25.9 Å². The molecular weight excluding hydrogens is 468 g/mol. The maximum Gasteiger partial charge on any atom is 0.410 e. The molecule has 1 aromatic carbocycles. The van der Waals surface area contributed by atoms with Crippen molar-refractivity contribution in [2.45, 2.75) is 45.8 Å². The molecule has 3 N–H and O–H groups in total. The van der Waals surface area contributed by atoms with E-state index in [0.717, 1.165) is 26.3 Å². The first-order chi connectivity index (χ1) is 16.6. The highest BCUT2D eigenvalue weighted by molar-refractivity contribution is 7.22. The van der Waals surface area contributed by atoms with Gasteiger partial charge in [0.15, 0.2) is 5.82 Å². The van der Waals surface area contributed by atoms with E-state index in [1.54, 1.807) is 16.7 Å². The van der Waals surface area contributed by atoms with Crippen LogP contribution >= 0.6 is 11.3 Å². The Labute approximate surface area is 205 Å². The zero-order valence-corrected chi connectivity index (χ0v) is 21.2. The standard InChI is InChI=1S/C24H28N6O4S/c1-12-8-13-10-16(35-20(13)15(9-12)33-5)18-17-19(22(31)27-26-21(17)25)30(28-18)14-6-7-29(11-14)23(32)34-24(2,3)4/h8-10,14H,6-7,11H2,1-5H3,(H2,25,26)(H,27,31)/t14-/m0/s1. The molecule has 11 heteroatoms. The van der Waals surface area contributed by atoms with Crippen LogP contribution in [0.15, 0.2) is 23.0 Å². The zero-order chi connectivity index (χ0) is 25.1. The van der Waals surface area contributed by atoms with E-state index in [-0.39, 0.29) is 23.5 Å². The third-order valence-corrected chi connectivity index (χ3v) is 7.17. The molecule has 1 aliphatic heterocycles. The monoisotopic (exact) mass is 496 g/mol. The number of rotatable bonds is 3. The number of amides is 1. The van der Waals surface area contributed by atoms with Crippen LogP contribution in [-0.4, -0.2) is 56.8 Å². The van der Waals surface area contributed by atoms with Crippen LogP contribution in [0, 0.1) is 6.92 Å². The molecule has 0 saturated carbocycles. The summed E-state index contributed by atoms with van der Waals surface area (Å²) in [5.74, 6) is 0.983. The first-order valence-electron chi connectivity index (χ1n) is 11.4. The second kappa shape index (κ2) is 8.26. The topological polar surface area (TPSA) is 128 Å². The number of benzene rings is 1. The number of nitrogen functional groups attached to an aromatic ring is 1. The summed E-state index contributed by atoms with van der Waals surface area (Å²) in [6.07, 6.45) is 0.259. The van der Waals surface area contributed by atoms with E-state index >= 15 is 0 Å². The molecule has 0 unspecified atom stereocenters. The first kappa shape index (κ1) is 23.2. The van der Waals surface area contributed by atoms with Gasteiger partial charge in [-0.15, -0.1) is 11.3 Å². The van der Waals surface area contributed by atoms with Crippen molar-refractivity contribution < 1.29 is 14.3 Å². The van der Waals surface area contributed by atoms with Crippen LogP contribution in [0.2, 0.25) is 0 Å². The van der Waals surface area contributed by atoms with Crippen molar-refractivity contribution in [3.8, 4) is 16.3 Å². The molecule has 5 rings (SSSR count). The van der Waals surface area contributed by atoms with Gasteiger partial charge < -0.3 is 20.1 Å². The van der Waals surface area contributed by atoms with Crippen molar-refractivity contribution in [1.29, 1.82) is 0 Å². The Bertz CT molecular complexity index is 1510. The summed E-state index contributed by atoms with van der Waals surface area (Å²) in [6, 6.07) is 5.90. The van der Waals surface area contributed by atoms with E-state index in [1.165, 1.54) is 11.3 Å². The number of nitrogens with two attached hydrogens (primary N) is 1. The first-order valence-corrected chi connectivity index (χ1v) is 12.2. The number of aromatic amines is 1. The lowest BCUT2D eigenvalue weighted by Gasteiger charge is -2.24. The summed E-state index contributed by atoms with van der Waals surface area (Å²) in [6.45, 7) is 8.41. The molecule has 184 valence electrons. The number of carbonyl (C=O) groups is 1. The lowest BCUT2D eigenvalue weighted by atomic mass is 10.1. The van der Waals surface area contributed by atoms with Gasteiger partial charge in [-0.1, -0.05) is 6.07 Å². The molecule has 0 aliphatic carbocycles. The van der Waals surface area contributed by atoms with E-state index in [1.807, 2.05) is 39.8 Å². The number of carbonyl (C=O) groups excluding carboxylic acids is 1. The van der Waals surface area contributed by atoms with Gasteiger partial charge in [-0.2, -0.15) is 10.2 Å². The van der Waals surface area contributed by atoms with Crippen molar-refractivity contribution >= 4 is 44.2 Å². The molecule has 10 nitrogen and oxygen atoms in total. The third-order valence-electron chi connectivity index (χ3n) is 6.00. The highest BCUT2D eigenvalue weighted by atomic mass is 32.1. The minimum atomic E-state index is -0.585. The smallest absolute Gasteiger partial charge is 0.410 e. The zero-order valence-electron chi connectivity index (χ0n) is 20.3. The molecular formula is C24H28N6O4S. The summed E-state index contributed by atoms with van der Waals surface area (Å²) < 4.78 is 13.8. The van der Waals surface area contributed by atoms with Gasteiger partial charge in [0.2, 0.25) is 0 Å². The molecule has 4 heterocycles. The number of aryl methyl sites for hydroxylation is 1. The Kier molecular flexibility index (Phi) is 5.47. The molecule has 1 fully saturated rings. The van der Waals surface area contributed by atoms with Crippen LogP contribution in [0.4, 0.5) is 10.6 Å². The average Bonchev–Trinajstić information content (AvgIpc) is 3.50. The Morgan fingerprint density at radius 3 is 2.77 bits per heavy atom. The van der Waals surface area contributed by atoms with Crippen molar-refractivity contribution in [3.63, 3.8) is 0 Å². The number of hydrogen-bond acceptors (Lipinski definition) is 8. The van der Waals surface area contributed by atoms with Crippen molar-refractivity contribution in [3.05, 3.63) is 34.1 Å². The fourth-order valence-electron chi connectivity index (χ4n) is 4.52. The Morgan fingerprint density at radius 2 is 2.06 bits per heavy atom. The number of hydrogen-bond donors (Lipinski definition) is 2. The third kappa shape index (κ3) is 4.09. The maximum atomic E-state index is 12.9. The van der Waals surface area contributed by atoms with E-state index in [2.05, 4.69) is 16.3 Å². The normalized spacial score (nSPS) is 16.4. The SMILES string of the molecule is COc1cc(C)cc2cc(-c3nn([C@H]4CCN(C(=O)OC(C)(C)C)C4)c4c(=O)[nH]nc(N)c34)sc12. The Morgan fingerprint density at radius 1 is 1.29 bits per heavy atom. The summed E-state index contributed by atoms with van der Waals surface area (Å²) in [5, 5.41) is 12.9. The van der Waals surface area contributed by atoms with E-state index in [9.17, 15) is 9.59 Å². The second-order valence-electron chi connectivity index (χ2n) is 9.82. The number of fused-ring (bicyclic) bond motifs is 2. The molecule has 1 saturated heterocycles. The number of aromatic nitrogens is 4. The average molecular weight is 497 g/mol. The maximum absolute atomic E-state index is 12.9. The molecule has 1 aliphatic rings. The van der Waals surface area contributed by atoms with E-state index in [0.29, 0.717) is 36.1 Å². The quantitative estimate of drug-likeness (QED) is 0.437. The number of likely N-dealkylation sites (tertiary alicyclic amines) is 1. The molecule has 0 spiro atoms. The molecule has 35 heavy (non-hydrogen) atoms. The number of thiophene rings is 1. The summed E-state index contributed by atoms with van der Waals surface area (Å²) in [4.78, 5) is 28.0. The van der Waals surface area contributed by atoms with Gasteiger partial charge in [0.25, 0.3) is 5.56 Å². The number of methoxy groups -OCH3 is 1. The summed E-state index contributed by atoms with van der Waals surface area (Å²) in [5.41, 5.74) is 7.32.